The lowest BCUT2D eigenvalue weighted by atomic mass is 10.0. The number of nitrogens with two attached hydrogens (primary N) is 1. The normalized spacial score (nSPS) is 10.6. The van der Waals surface area contributed by atoms with Crippen molar-refractivity contribution >= 4 is 11.5 Å². The smallest absolute Gasteiger partial charge is 0.133 e. The lowest BCUT2D eigenvalue weighted by molar-refractivity contribution is -0.119. The van der Waals surface area contributed by atoms with E-state index in [1.165, 1.54) is 0 Å². The predicted molar refractivity (Wildman–Crippen MR) is 75.7 cm³/mol. The Labute approximate surface area is 113 Å². The molecule has 0 amide bonds. The van der Waals surface area contributed by atoms with Crippen molar-refractivity contribution in [3.63, 3.8) is 0 Å². The van der Waals surface area contributed by atoms with Crippen LogP contribution in [-0.4, -0.2) is 15.6 Å². The average Bonchev–Trinajstić information content (AvgIpc) is 2.81. The van der Waals surface area contributed by atoms with Crippen LogP contribution in [0.15, 0.2) is 36.7 Å². The van der Waals surface area contributed by atoms with Gasteiger partial charge in [0.2, 0.25) is 0 Å². The fourth-order valence-corrected chi connectivity index (χ4v) is 1.98. The fraction of sp³-hybridized carbons (Fsp3) is 0.333. The van der Waals surface area contributed by atoms with Gasteiger partial charge in [-0.05, 0) is 36.1 Å². The molecule has 0 bridgehead atoms. The number of benzene rings is 1. The Bertz CT molecular complexity index is 543. The van der Waals surface area contributed by atoms with Gasteiger partial charge in [0.15, 0.2) is 0 Å². The quantitative estimate of drug-likeness (QED) is 0.806. The van der Waals surface area contributed by atoms with E-state index in [0.29, 0.717) is 18.6 Å². The molecule has 0 saturated heterocycles. The van der Waals surface area contributed by atoms with Gasteiger partial charge in [-0.15, -0.1) is 0 Å². The molecule has 0 fully saturated rings. The summed E-state index contributed by atoms with van der Waals surface area (Å²) < 4.78 is 1.76. The molecule has 0 aliphatic heterocycles. The number of ketones is 1. The number of nitrogen functional groups attached to an aromatic ring is 1. The first-order valence-electron chi connectivity index (χ1n) is 6.47. The van der Waals surface area contributed by atoms with Gasteiger partial charge in [-0.1, -0.05) is 12.1 Å². The zero-order chi connectivity index (χ0) is 13.7. The molecular weight excluding hydrogens is 238 g/mol. The summed E-state index contributed by atoms with van der Waals surface area (Å²) in [4.78, 5) is 11.8. The maximum absolute atomic E-state index is 11.8. The summed E-state index contributed by atoms with van der Waals surface area (Å²) in [6, 6.07) is 7.69. The standard InChI is InChI=1S/C15H19N3O/c1-18-11-13(10-17-18)5-9-15(19)8-4-12-2-6-14(16)7-3-12/h2-3,6-7,10-11H,4-5,8-9,16H2,1H3. The van der Waals surface area contributed by atoms with Gasteiger partial charge in [0.1, 0.15) is 5.78 Å². The summed E-state index contributed by atoms with van der Waals surface area (Å²) in [5.74, 6) is 0.292. The third-order valence-electron chi connectivity index (χ3n) is 3.12. The number of hydrogen-bond donors (Lipinski definition) is 1. The topological polar surface area (TPSA) is 60.9 Å². The molecule has 0 aliphatic rings. The maximum Gasteiger partial charge on any atom is 0.133 e. The highest BCUT2D eigenvalue weighted by atomic mass is 16.1. The van der Waals surface area contributed by atoms with Crippen molar-refractivity contribution in [3.05, 3.63) is 47.8 Å². The van der Waals surface area contributed by atoms with Crippen molar-refractivity contribution in [2.75, 3.05) is 5.73 Å². The van der Waals surface area contributed by atoms with Crippen molar-refractivity contribution in [3.8, 4) is 0 Å². The number of Topliss-reactive ketones (excluding diaryl/α,β-unsaturated/α-hetero) is 1. The number of rotatable bonds is 6. The molecule has 0 aliphatic carbocycles. The van der Waals surface area contributed by atoms with Crippen molar-refractivity contribution in [2.24, 2.45) is 7.05 Å². The van der Waals surface area contributed by atoms with Crippen LogP contribution < -0.4 is 5.73 Å². The van der Waals surface area contributed by atoms with E-state index in [0.717, 1.165) is 29.7 Å². The Hall–Kier alpha value is -2.10. The van der Waals surface area contributed by atoms with E-state index in [-0.39, 0.29) is 0 Å². The van der Waals surface area contributed by atoms with Crippen LogP contribution in [0.4, 0.5) is 5.69 Å². The van der Waals surface area contributed by atoms with Gasteiger partial charge in [-0.2, -0.15) is 5.10 Å². The van der Waals surface area contributed by atoms with E-state index in [4.69, 9.17) is 5.73 Å². The van der Waals surface area contributed by atoms with Gasteiger partial charge in [0.25, 0.3) is 0 Å². The van der Waals surface area contributed by atoms with Crippen LogP contribution >= 0.6 is 0 Å². The highest BCUT2D eigenvalue weighted by Crippen LogP contribution is 2.09. The minimum absolute atomic E-state index is 0.292. The maximum atomic E-state index is 11.8. The third kappa shape index (κ3) is 4.25. The fourth-order valence-electron chi connectivity index (χ4n) is 1.98. The molecule has 0 saturated carbocycles. The lowest BCUT2D eigenvalue weighted by Crippen LogP contribution is -2.02. The van der Waals surface area contributed by atoms with Crippen LogP contribution in [-0.2, 0) is 24.7 Å². The van der Waals surface area contributed by atoms with Crippen LogP contribution in [0.25, 0.3) is 0 Å². The van der Waals surface area contributed by atoms with Crippen molar-refractivity contribution in [1.29, 1.82) is 0 Å². The van der Waals surface area contributed by atoms with E-state index < -0.39 is 0 Å². The Morgan fingerprint density at radius 3 is 2.37 bits per heavy atom. The van der Waals surface area contributed by atoms with Gasteiger partial charge < -0.3 is 5.73 Å². The highest BCUT2D eigenvalue weighted by molar-refractivity contribution is 5.78. The molecule has 4 heteroatoms. The molecule has 2 N–H and O–H groups in total. The largest absolute Gasteiger partial charge is 0.399 e. The second-order valence-electron chi connectivity index (χ2n) is 4.80. The van der Waals surface area contributed by atoms with Crippen LogP contribution in [0.2, 0.25) is 0 Å². The molecule has 2 rings (SSSR count). The van der Waals surface area contributed by atoms with E-state index in [1.807, 2.05) is 43.7 Å². The second kappa shape index (κ2) is 6.18. The van der Waals surface area contributed by atoms with Gasteiger partial charge in [0, 0.05) is 31.8 Å². The second-order valence-corrected chi connectivity index (χ2v) is 4.80. The average molecular weight is 257 g/mol. The SMILES string of the molecule is Cn1cc(CCC(=O)CCc2ccc(N)cc2)cn1. The summed E-state index contributed by atoms with van der Waals surface area (Å²) in [5.41, 5.74) is 8.65. The molecule has 0 radical (unpaired) electrons. The summed E-state index contributed by atoms with van der Waals surface area (Å²) in [6.45, 7) is 0. The first kappa shape index (κ1) is 13.3. The Balaban J connectivity index is 1.74. The number of anilines is 1. The highest BCUT2D eigenvalue weighted by Gasteiger charge is 2.05. The van der Waals surface area contributed by atoms with E-state index in [1.54, 1.807) is 4.68 Å². The molecular formula is C15H19N3O. The van der Waals surface area contributed by atoms with Gasteiger partial charge in [-0.3, -0.25) is 9.48 Å². The van der Waals surface area contributed by atoms with E-state index in [2.05, 4.69) is 5.10 Å². The van der Waals surface area contributed by atoms with Crippen molar-refractivity contribution < 1.29 is 4.79 Å². The zero-order valence-electron chi connectivity index (χ0n) is 11.2. The minimum atomic E-state index is 0.292. The molecule has 1 aromatic heterocycles. The monoisotopic (exact) mass is 257 g/mol. The molecule has 1 heterocycles. The number of carbonyl (C=O) groups is 1. The zero-order valence-corrected chi connectivity index (χ0v) is 11.2. The van der Waals surface area contributed by atoms with Crippen LogP contribution in [0.3, 0.4) is 0 Å². The Kier molecular flexibility index (Phi) is 4.34. The van der Waals surface area contributed by atoms with Gasteiger partial charge in [0.05, 0.1) is 6.20 Å². The molecule has 1 aromatic carbocycles. The number of nitrogens with zero attached hydrogens (tertiary/aromatic N) is 2. The van der Waals surface area contributed by atoms with E-state index in [9.17, 15) is 4.79 Å². The third-order valence-corrected chi connectivity index (χ3v) is 3.12. The van der Waals surface area contributed by atoms with Gasteiger partial charge >= 0.3 is 0 Å². The Morgan fingerprint density at radius 2 is 1.79 bits per heavy atom. The number of carbonyl (C=O) groups excluding carboxylic acids is 1. The molecule has 2 aromatic rings. The predicted octanol–water partition coefficient (Wildman–Crippen LogP) is 2.14. The molecule has 0 unspecified atom stereocenters. The lowest BCUT2D eigenvalue weighted by Gasteiger charge is -2.02. The van der Waals surface area contributed by atoms with Crippen molar-refractivity contribution in [2.45, 2.75) is 25.7 Å². The summed E-state index contributed by atoms with van der Waals surface area (Å²) >= 11 is 0. The molecule has 0 spiro atoms. The first-order chi connectivity index (χ1) is 9.13. The van der Waals surface area contributed by atoms with Gasteiger partial charge in [-0.25, -0.2) is 0 Å². The van der Waals surface area contributed by atoms with Crippen LogP contribution in [0.1, 0.15) is 24.0 Å². The van der Waals surface area contributed by atoms with Crippen LogP contribution in [0.5, 0.6) is 0 Å². The number of aryl methyl sites for hydroxylation is 3. The number of hydrogen-bond acceptors (Lipinski definition) is 3. The van der Waals surface area contributed by atoms with Crippen LogP contribution in [0, 0.1) is 0 Å². The summed E-state index contributed by atoms with van der Waals surface area (Å²) in [7, 11) is 1.88. The summed E-state index contributed by atoms with van der Waals surface area (Å²) in [6.07, 6.45) is 6.49. The van der Waals surface area contributed by atoms with Crippen molar-refractivity contribution in [1.82, 2.24) is 9.78 Å². The first-order valence-corrected chi connectivity index (χ1v) is 6.47. The molecule has 100 valence electrons. The number of aromatic nitrogens is 2. The molecule has 19 heavy (non-hydrogen) atoms. The summed E-state index contributed by atoms with van der Waals surface area (Å²) in [5, 5.41) is 4.09. The van der Waals surface area contributed by atoms with E-state index >= 15 is 0 Å². The Morgan fingerprint density at radius 1 is 1.16 bits per heavy atom. The minimum Gasteiger partial charge on any atom is -0.399 e. The molecule has 4 nitrogen and oxygen atoms in total. The molecule has 0 atom stereocenters.